The van der Waals surface area contributed by atoms with E-state index in [0.29, 0.717) is 23.8 Å². The van der Waals surface area contributed by atoms with Crippen molar-refractivity contribution >= 4 is 17.5 Å². The Balaban J connectivity index is 2.05. The van der Waals surface area contributed by atoms with E-state index in [2.05, 4.69) is 15.7 Å². The first kappa shape index (κ1) is 16.7. The minimum atomic E-state index is -0.242. The van der Waals surface area contributed by atoms with Crippen molar-refractivity contribution in [2.75, 3.05) is 11.9 Å². The fraction of sp³-hybridized carbons (Fsp3) is 0.353. The van der Waals surface area contributed by atoms with Crippen molar-refractivity contribution in [2.24, 2.45) is 13.0 Å². The van der Waals surface area contributed by atoms with Gasteiger partial charge in [0.05, 0.1) is 18.3 Å². The number of carbonyl (C=O) groups is 2. The lowest BCUT2D eigenvalue weighted by Gasteiger charge is -2.10. The van der Waals surface area contributed by atoms with Crippen LogP contribution in [-0.4, -0.2) is 28.1 Å². The molecule has 0 radical (unpaired) electrons. The zero-order valence-corrected chi connectivity index (χ0v) is 13.7. The average molecular weight is 314 g/mol. The van der Waals surface area contributed by atoms with E-state index in [-0.39, 0.29) is 18.2 Å². The van der Waals surface area contributed by atoms with Crippen molar-refractivity contribution in [1.29, 1.82) is 0 Å². The molecule has 0 aliphatic heterocycles. The van der Waals surface area contributed by atoms with E-state index in [1.54, 1.807) is 7.05 Å². The summed E-state index contributed by atoms with van der Waals surface area (Å²) in [6.45, 7) is 4.61. The fourth-order valence-electron chi connectivity index (χ4n) is 2.15. The van der Waals surface area contributed by atoms with Crippen LogP contribution in [0.5, 0.6) is 0 Å². The van der Waals surface area contributed by atoms with Gasteiger partial charge in [-0.2, -0.15) is 5.10 Å². The van der Waals surface area contributed by atoms with Crippen molar-refractivity contribution in [3.05, 3.63) is 47.8 Å². The Kier molecular flexibility index (Phi) is 5.51. The summed E-state index contributed by atoms with van der Waals surface area (Å²) in [6.07, 6.45) is 1.75. The highest BCUT2D eigenvalue weighted by Crippen LogP contribution is 2.15. The molecule has 0 bridgehead atoms. The highest BCUT2D eigenvalue weighted by molar-refractivity contribution is 6.02. The van der Waals surface area contributed by atoms with Gasteiger partial charge in [0.1, 0.15) is 5.69 Å². The smallest absolute Gasteiger partial charge is 0.271 e. The number of nitrogens with zero attached hydrogens (tertiary/aromatic N) is 2. The second kappa shape index (κ2) is 7.58. The molecule has 1 aromatic carbocycles. The lowest BCUT2D eigenvalue weighted by molar-refractivity contribution is -0.115. The van der Waals surface area contributed by atoms with Gasteiger partial charge in [0.15, 0.2) is 0 Å². The molecule has 1 aromatic heterocycles. The molecule has 0 aliphatic carbocycles. The van der Waals surface area contributed by atoms with Crippen molar-refractivity contribution in [3.63, 3.8) is 0 Å². The number of aromatic nitrogens is 2. The van der Waals surface area contributed by atoms with Gasteiger partial charge in [0.2, 0.25) is 5.91 Å². The van der Waals surface area contributed by atoms with Gasteiger partial charge >= 0.3 is 0 Å². The fourth-order valence-corrected chi connectivity index (χ4v) is 2.15. The van der Waals surface area contributed by atoms with Gasteiger partial charge in [0, 0.05) is 13.6 Å². The van der Waals surface area contributed by atoms with E-state index < -0.39 is 0 Å². The third-order valence-corrected chi connectivity index (χ3v) is 3.31. The Labute approximate surface area is 135 Å². The lowest BCUT2D eigenvalue weighted by atomic mass is 10.1. The Morgan fingerprint density at radius 3 is 2.57 bits per heavy atom. The number of hydrogen-bond acceptors (Lipinski definition) is 3. The molecule has 122 valence electrons. The third-order valence-electron chi connectivity index (χ3n) is 3.31. The van der Waals surface area contributed by atoms with Crippen molar-refractivity contribution in [3.8, 4) is 0 Å². The van der Waals surface area contributed by atoms with Crippen LogP contribution in [0.4, 0.5) is 5.69 Å². The van der Waals surface area contributed by atoms with Crippen LogP contribution in [0.1, 0.15) is 29.9 Å². The number of carbonyl (C=O) groups excluding carboxylic acids is 2. The molecule has 2 aromatic rings. The van der Waals surface area contributed by atoms with E-state index >= 15 is 0 Å². The second-order valence-corrected chi connectivity index (χ2v) is 5.84. The summed E-state index contributed by atoms with van der Waals surface area (Å²) in [5.41, 5.74) is 1.70. The SMILES string of the molecule is CC(C)CNC(=O)c1c(NC(=O)Cc2ccccc2)cnn1C. The molecular formula is C17H22N4O2. The van der Waals surface area contributed by atoms with E-state index in [1.165, 1.54) is 10.9 Å². The number of hydrogen-bond donors (Lipinski definition) is 2. The van der Waals surface area contributed by atoms with Crippen LogP contribution in [0, 0.1) is 5.92 Å². The maximum atomic E-state index is 12.3. The molecule has 23 heavy (non-hydrogen) atoms. The quantitative estimate of drug-likeness (QED) is 0.856. The van der Waals surface area contributed by atoms with E-state index in [4.69, 9.17) is 0 Å². The maximum absolute atomic E-state index is 12.3. The van der Waals surface area contributed by atoms with E-state index in [1.807, 2.05) is 44.2 Å². The summed E-state index contributed by atoms with van der Waals surface area (Å²) >= 11 is 0. The second-order valence-electron chi connectivity index (χ2n) is 5.84. The molecule has 6 heteroatoms. The Morgan fingerprint density at radius 1 is 1.22 bits per heavy atom. The van der Waals surface area contributed by atoms with Crippen LogP contribution in [0.2, 0.25) is 0 Å². The monoisotopic (exact) mass is 314 g/mol. The van der Waals surface area contributed by atoms with Gasteiger partial charge in [-0.1, -0.05) is 44.2 Å². The van der Waals surface area contributed by atoms with Gasteiger partial charge in [-0.15, -0.1) is 0 Å². The molecule has 0 unspecified atom stereocenters. The van der Waals surface area contributed by atoms with Gasteiger partial charge in [0.25, 0.3) is 5.91 Å². The van der Waals surface area contributed by atoms with Crippen LogP contribution in [0.25, 0.3) is 0 Å². The molecule has 0 spiro atoms. The lowest BCUT2D eigenvalue weighted by Crippen LogP contribution is -2.30. The molecule has 6 nitrogen and oxygen atoms in total. The van der Waals surface area contributed by atoms with Gasteiger partial charge < -0.3 is 10.6 Å². The first-order valence-electron chi connectivity index (χ1n) is 7.61. The topological polar surface area (TPSA) is 76.0 Å². The third kappa shape index (κ3) is 4.67. The number of aryl methyl sites for hydroxylation is 1. The van der Waals surface area contributed by atoms with Crippen LogP contribution in [0.15, 0.2) is 36.5 Å². The largest absolute Gasteiger partial charge is 0.350 e. The van der Waals surface area contributed by atoms with E-state index in [0.717, 1.165) is 5.56 Å². The highest BCUT2D eigenvalue weighted by Gasteiger charge is 2.18. The summed E-state index contributed by atoms with van der Waals surface area (Å²) < 4.78 is 1.47. The normalized spacial score (nSPS) is 10.6. The zero-order chi connectivity index (χ0) is 16.8. The van der Waals surface area contributed by atoms with Crippen molar-refractivity contribution < 1.29 is 9.59 Å². The Bertz CT molecular complexity index is 677. The number of rotatable bonds is 6. The van der Waals surface area contributed by atoms with Crippen molar-refractivity contribution in [1.82, 2.24) is 15.1 Å². The summed E-state index contributed by atoms with van der Waals surface area (Å²) in [5.74, 6) is -0.0703. The number of nitrogens with one attached hydrogen (secondary N) is 2. The molecule has 2 N–H and O–H groups in total. The standard InChI is InChI=1S/C17H22N4O2/c1-12(2)10-18-17(23)16-14(11-19-21(16)3)20-15(22)9-13-7-5-4-6-8-13/h4-8,11-12H,9-10H2,1-3H3,(H,18,23)(H,20,22). The summed E-state index contributed by atoms with van der Waals surface area (Å²) in [7, 11) is 1.68. The maximum Gasteiger partial charge on any atom is 0.271 e. The van der Waals surface area contributed by atoms with Crippen LogP contribution < -0.4 is 10.6 Å². The molecule has 2 rings (SSSR count). The van der Waals surface area contributed by atoms with E-state index in [9.17, 15) is 9.59 Å². The zero-order valence-electron chi connectivity index (χ0n) is 13.7. The average Bonchev–Trinajstić information content (AvgIpc) is 2.86. The summed E-state index contributed by atoms with van der Waals surface area (Å²) in [6, 6.07) is 9.45. The highest BCUT2D eigenvalue weighted by atomic mass is 16.2. The van der Waals surface area contributed by atoms with Crippen LogP contribution >= 0.6 is 0 Å². The van der Waals surface area contributed by atoms with Crippen LogP contribution in [0.3, 0.4) is 0 Å². The van der Waals surface area contributed by atoms with Gasteiger partial charge in [-0.05, 0) is 11.5 Å². The molecule has 1 heterocycles. The molecule has 0 saturated heterocycles. The number of amides is 2. The minimum Gasteiger partial charge on any atom is -0.350 e. The molecule has 0 saturated carbocycles. The van der Waals surface area contributed by atoms with Crippen molar-refractivity contribution in [2.45, 2.75) is 20.3 Å². The molecule has 0 fully saturated rings. The molecule has 2 amide bonds. The Morgan fingerprint density at radius 2 is 1.91 bits per heavy atom. The number of anilines is 1. The van der Waals surface area contributed by atoms with Gasteiger partial charge in [-0.3, -0.25) is 14.3 Å². The summed E-state index contributed by atoms with van der Waals surface area (Å²) in [5, 5.41) is 9.67. The van der Waals surface area contributed by atoms with Gasteiger partial charge in [-0.25, -0.2) is 0 Å². The van der Waals surface area contributed by atoms with Crippen LogP contribution in [-0.2, 0) is 18.3 Å². The first-order valence-corrected chi connectivity index (χ1v) is 7.61. The summed E-state index contributed by atoms with van der Waals surface area (Å²) in [4.78, 5) is 24.4. The number of benzene rings is 1. The predicted molar refractivity (Wildman–Crippen MR) is 89.2 cm³/mol. The first-order chi connectivity index (χ1) is 11.0. The predicted octanol–water partition coefficient (Wildman–Crippen LogP) is 1.99. The molecule has 0 aliphatic rings. The molecular weight excluding hydrogens is 292 g/mol. The minimum absolute atomic E-state index is 0.179. The Hall–Kier alpha value is -2.63. The molecule has 0 atom stereocenters.